The minimum atomic E-state index is -0.893. The van der Waals surface area contributed by atoms with Crippen LogP contribution in [0.15, 0.2) is 11.1 Å². The summed E-state index contributed by atoms with van der Waals surface area (Å²) in [4.78, 5) is 12.2. The first-order valence-corrected chi connectivity index (χ1v) is 11.0. The van der Waals surface area contributed by atoms with Crippen LogP contribution in [0, 0.1) is 29.6 Å². The molecule has 0 aromatic carbocycles. The Bertz CT molecular complexity index is 967. The van der Waals surface area contributed by atoms with Gasteiger partial charge in [0.15, 0.2) is 5.60 Å². The zero-order chi connectivity index (χ0) is 20.8. The smallest absolute Gasteiger partial charge is 0.334 e. The van der Waals surface area contributed by atoms with Crippen molar-refractivity contribution in [3.05, 3.63) is 11.1 Å². The number of ether oxygens (including phenoxy) is 4. The number of carbonyl (C=O) groups excluding carboxylic acids is 1. The van der Waals surface area contributed by atoms with E-state index in [2.05, 4.69) is 12.8 Å². The van der Waals surface area contributed by atoms with Gasteiger partial charge in [-0.1, -0.05) is 13.8 Å². The molecule has 0 radical (unpaired) electrons. The van der Waals surface area contributed by atoms with Gasteiger partial charge in [0.25, 0.3) is 0 Å². The zero-order valence-corrected chi connectivity index (χ0v) is 17.1. The van der Waals surface area contributed by atoms with Crippen LogP contribution in [0.25, 0.3) is 0 Å². The summed E-state index contributed by atoms with van der Waals surface area (Å²) in [5.74, 6) is 2.13. The Kier molecular flexibility index (Phi) is 3.01. The van der Waals surface area contributed by atoms with Gasteiger partial charge in [-0.25, -0.2) is 4.79 Å². The van der Waals surface area contributed by atoms with Crippen molar-refractivity contribution >= 4 is 5.97 Å². The molecule has 160 valence electrons. The van der Waals surface area contributed by atoms with Crippen LogP contribution in [-0.4, -0.2) is 70.1 Å². The Morgan fingerprint density at radius 2 is 2.10 bits per heavy atom. The summed E-state index contributed by atoms with van der Waals surface area (Å²) >= 11 is 0. The van der Waals surface area contributed by atoms with Gasteiger partial charge >= 0.3 is 5.97 Å². The summed E-state index contributed by atoms with van der Waals surface area (Å²) in [5, 5.41) is 22.3. The van der Waals surface area contributed by atoms with Crippen LogP contribution < -0.4 is 0 Å². The van der Waals surface area contributed by atoms with Crippen molar-refractivity contribution in [1.82, 2.24) is 0 Å². The predicted molar refractivity (Wildman–Crippen MR) is 101 cm³/mol. The van der Waals surface area contributed by atoms with Crippen LogP contribution in [-0.2, 0) is 23.7 Å². The van der Waals surface area contributed by atoms with Crippen LogP contribution >= 0.6 is 0 Å². The third kappa shape index (κ3) is 1.56. The minimum absolute atomic E-state index is 0.140. The first-order chi connectivity index (χ1) is 14.3. The van der Waals surface area contributed by atoms with Crippen LogP contribution in [0.5, 0.6) is 0 Å². The van der Waals surface area contributed by atoms with E-state index in [0.29, 0.717) is 13.0 Å². The lowest BCUT2D eigenvalue weighted by atomic mass is 9.46. The zero-order valence-electron chi connectivity index (χ0n) is 17.1. The average Bonchev–Trinajstić information content (AvgIpc) is 3.62. The number of hydrogen-bond donors (Lipinski definition) is 2. The summed E-state index contributed by atoms with van der Waals surface area (Å²) in [5.41, 5.74) is -0.664. The lowest BCUT2D eigenvalue weighted by Gasteiger charge is -2.53. The van der Waals surface area contributed by atoms with Crippen LogP contribution in [0.2, 0.25) is 0 Å². The highest BCUT2D eigenvalue weighted by atomic mass is 16.7. The number of fused-ring (bicyclic) bond motifs is 4. The molecule has 7 aliphatic rings. The van der Waals surface area contributed by atoms with Crippen molar-refractivity contribution in [2.45, 2.75) is 86.9 Å². The predicted octanol–water partition coefficient (Wildman–Crippen LogP) is 0.467. The van der Waals surface area contributed by atoms with Gasteiger partial charge in [-0.2, -0.15) is 0 Å². The Morgan fingerprint density at radius 3 is 2.87 bits per heavy atom. The van der Waals surface area contributed by atoms with Crippen molar-refractivity contribution in [3.63, 3.8) is 0 Å². The molecule has 4 aliphatic heterocycles. The van der Waals surface area contributed by atoms with E-state index < -0.39 is 29.0 Å². The topological polar surface area (TPSA) is 104 Å². The monoisotopic (exact) mass is 414 g/mol. The van der Waals surface area contributed by atoms with Gasteiger partial charge in [-0.3, -0.25) is 0 Å². The number of cyclic esters (lactones) is 1. The SMILES string of the molecule is C#CCC(O)C(C)[C@]12O[C@H]1[C@@H]1O[C@]13[C@]1(O[C@H]1C[C@H]1C4=C(CC[C@@]13C)C(=O)OC4)[C@@H]2O. The molecule has 3 saturated heterocycles. The fourth-order valence-electron chi connectivity index (χ4n) is 8.14. The number of rotatable bonds is 3. The normalized spacial score (nSPS) is 58.0. The maximum atomic E-state index is 12.2. The number of carbonyl (C=O) groups is 1. The van der Waals surface area contributed by atoms with Gasteiger partial charge in [0.1, 0.15) is 36.1 Å². The molecule has 11 atom stereocenters. The Labute approximate surface area is 174 Å². The number of esters is 1. The minimum Gasteiger partial charge on any atom is -0.458 e. The molecule has 2 unspecified atom stereocenters. The number of epoxide rings is 3. The van der Waals surface area contributed by atoms with Gasteiger partial charge < -0.3 is 29.2 Å². The summed E-state index contributed by atoms with van der Waals surface area (Å²) in [7, 11) is 0. The van der Waals surface area contributed by atoms with E-state index in [-0.39, 0.29) is 48.0 Å². The van der Waals surface area contributed by atoms with Gasteiger partial charge in [0.2, 0.25) is 0 Å². The van der Waals surface area contributed by atoms with E-state index in [1.165, 1.54) is 0 Å². The molecule has 7 nitrogen and oxygen atoms in total. The second-order valence-electron chi connectivity index (χ2n) is 10.5. The van der Waals surface area contributed by atoms with Crippen molar-refractivity contribution in [1.29, 1.82) is 0 Å². The molecule has 5 fully saturated rings. The third-order valence-electron chi connectivity index (χ3n) is 9.81. The molecule has 2 N–H and O–H groups in total. The highest BCUT2D eigenvalue weighted by molar-refractivity contribution is 5.92. The van der Waals surface area contributed by atoms with E-state index in [1.807, 2.05) is 6.92 Å². The summed E-state index contributed by atoms with van der Waals surface area (Å²) in [6.07, 6.45) is 5.55. The lowest BCUT2D eigenvalue weighted by molar-refractivity contribution is -0.136. The largest absolute Gasteiger partial charge is 0.458 e. The molecule has 0 aromatic rings. The van der Waals surface area contributed by atoms with Gasteiger partial charge in [0.05, 0.1) is 12.2 Å². The van der Waals surface area contributed by atoms with E-state index in [4.69, 9.17) is 25.4 Å². The molecular formula is C23H26O7. The Hall–Kier alpha value is -1.43. The highest BCUT2D eigenvalue weighted by Gasteiger charge is 3.00. The van der Waals surface area contributed by atoms with Crippen molar-refractivity contribution in [2.24, 2.45) is 17.3 Å². The van der Waals surface area contributed by atoms with E-state index in [0.717, 1.165) is 24.0 Å². The lowest BCUT2D eigenvalue weighted by Crippen LogP contribution is -2.69. The maximum Gasteiger partial charge on any atom is 0.334 e. The fourth-order valence-corrected chi connectivity index (χ4v) is 8.14. The molecule has 7 heteroatoms. The molecule has 4 heterocycles. The standard InChI is InChI=1S/C23H26O7/c1-4-5-14(24)10(2)21-16(29-21)17-23(30-17)20(3)7-6-11-12(9-27-18(11)25)13(20)8-15-22(23,28-15)19(21)26/h1,10,13-17,19,24,26H,5-9H2,2-3H3/t10?,13-,14?,15-,16-,17-,19+,20-,21-,22+,23+/m0/s1. The van der Waals surface area contributed by atoms with Crippen LogP contribution in [0.4, 0.5) is 0 Å². The number of aliphatic hydroxyl groups is 2. The van der Waals surface area contributed by atoms with Crippen LogP contribution in [0.3, 0.4) is 0 Å². The van der Waals surface area contributed by atoms with E-state index in [1.54, 1.807) is 0 Å². The van der Waals surface area contributed by atoms with Gasteiger partial charge in [-0.05, 0) is 30.8 Å². The second kappa shape index (κ2) is 4.97. The molecule has 0 aromatic heterocycles. The first-order valence-electron chi connectivity index (χ1n) is 11.0. The van der Waals surface area contributed by atoms with E-state index in [9.17, 15) is 15.0 Å². The van der Waals surface area contributed by atoms with Crippen molar-refractivity contribution in [3.8, 4) is 12.3 Å². The highest BCUT2D eigenvalue weighted by Crippen LogP contribution is 2.83. The molecule has 7 rings (SSSR count). The molecule has 0 bridgehead atoms. The quantitative estimate of drug-likeness (QED) is 0.393. The summed E-state index contributed by atoms with van der Waals surface area (Å²) < 4.78 is 24.4. The number of terminal acetylenes is 1. The average molecular weight is 414 g/mol. The fraction of sp³-hybridized carbons (Fsp3) is 0.783. The second-order valence-corrected chi connectivity index (χ2v) is 10.5. The molecule has 3 aliphatic carbocycles. The first kappa shape index (κ1) is 18.2. The van der Waals surface area contributed by atoms with Crippen LogP contribution in [0.1, 0.15) is 39.5 Å². The Balaban J connectivity index is 1.30. The van der Waals surface area contributed by atoms with Gasteiger partial charge in [-0.15, -0.1) is 12.3 Å². The number of hydrogen-bond acceptors (Lipinski definition) is 7. The van der Waals surface area contributed by atoms with E-state index >= 15 is 0 Å². The summed E-state index contributed by atoms with van der Waals surface area (Å²) in [6, 6.07) is 0. The third-order valence-corrected chi connectivity index (χ3v) is 9.81. The Morgan fingerprint density at radius 1 is 1.30 bits per heavy atom. The van der Waals surface area contributed by atoms with Crippen molar-refractivity contribution in [2.75, 3.05) is 6.61 Å². The molecule has 2 spiro atoms. The van der Waals surface area contributed by atoms with Gasteiger partial charge in [0, 0.05) is 23.3 Å². The molecule has 0 amide bonds. The molecule has 2 saturated carbocycles. The number of aliphatic hydroxyl groups excluding tert-OH is 2. The molecular weight excluding hydrogens is 388 g/mol. The summed E-state index contributed by atoms with van der Waals surface area (Å²) in [6.45, 7) is 4.47. The molecule has 30 heavy (non-hydrogen) atoms. The van der Waals surface area contributed by atoms with Crippen molar-refractivity contribution < 1.29 is 34.0 Å². The maximum absolute atomic E-state index is 12.2.